The Labute approximate surface area is 115 Å². The summed E-state index contributed by atoms with van der Waals surface area (Å²) in [7, 11) is 0. The predicted octanol–water partition coefficient (Wildman–Crippen LogP) is 3.97. The quantitative estimate of drug-likeness (QED) is 0.744. The second kappa shape index (κ2) is 8.15. The summed E-state index contributed by atoms with van der Waals surface area (Å²) in [4.78, 5) is 11.8. The van der Waals surface area contributed by atoms with Crippen molar-refractivity contribution in [1.82, 2.24) is 5.32 Å². The summed E-state index contributed by atoms with van der Waals surface area (Å²) in [6, 6.07) is 7.67. The molecule has 0 spiro atoms. The van der Waals surface area contributed by atoms with Crippen LogP contribution in [0.25, 0.3) is 0 Å². The summed E-state index contributed by atoms with van der Waals surface area (Å²) in [6.07, 6.45) is 5.11. The fourth-order valence-electron chi connectivity index (χ4n) is 1.89. The molecule has 1 amide bonds. The molecule has 1 aromatic carbocycles. The Morgan fingerprint density at radius 3 is 2.56 bits per heavy atom. The largest absolute Gasteiger partial charge is 0.353 e. The van der Waals surface area contributed by atoms with E-state index < -0.39 is 0 Å². The second-order valence-electron chi connectivity index (χ2n) is 4.77. The Hall–Kier alpha value is -1.02. The van der Waals surface area contributed by atoms with Crippen LogP contribution in [0, 0.1) is 0 Å². The number of hydrogen-bond donors (Lipinski definition) is 1. The Balaban J connectivity index is 2.30. The molecule has 1 aromatic rings. The van der Waals surface area contributed by atoms with Gasteiger partial charge in [-0.3, -0.25) is 4.79 Å². The number of carbonyl (C=O) groups is 1. The molecule has 0 aliphatic rings. The minimum absolute atomic E-state index is 0.0846. The molecule has 100 valence electrons. The Morgan fingerprint density at radius 1 is 1.28 bits per heavy atom. The lowest BCUT2D eigenvalue weighted by Gasteiger charge is -2.13. The summed E-state index contributed by atoms with van der Waals surface area (Å²) < 4.78 is 0. The van der Waals surface area contributed by atoms with E-state index in [0.29, 0.717) is 11.4 Å². The van der Waals surface area contributed by atoms with Crippen LogP contribution in [0.15, 0.2) is 24.3 Å². The van der Waals surface area contributed by atoms with Gasteiger partial charge in [0.15, 0.2) is 0 Å². The molecule has 0 aliphatic heterocycles. The zero-order valence-electron chi connectivity index (χ0n) is 11.2. The average molecular weight is 268 g/mol. The van der Waals surface area contributed by atoms with Gasteiger partial charge in [0.05, 0.1) is 6.42 Å². The number of unbranched alkanes of at least 4 members (excludes halogenated alkanes) is 2. The third-order valence-corrected chi connectivity index (χ3v) is 3.18. The highest BCUT2D eigenvalue weighted by Crippen LogP contribution is 2.10. The molecule has 0 heterocycles. The summed E-state index contributed by atoms with van der Waals surface area (Å²) >= 11 is 5.80. The van der Waals surface area contributed by atoms with Gasteiger partial charge in [0.1, 0.15) is 0 Å². The number of amides is 1. The molecule has 1 N–H and O–H groups in total. The first-order chi connectivity index (χ1) is 8.61. The third-order valence-electron chi connectivity index (χ3n) is 2.93. The number of hydrogen-bond acceptors (Lipinski definition) is 1. The highest BCUT2D eigenvalue weighted by molar-refractivity contribution is 6.30. The molecule has 3 heteroatoms. The van der Waals surface area contributed by atoms with Gasteiger partial charge in [-0.25, -0.2) is 0 Å². The van der Waals surface area contributed by atoms with Crippen molar-refractivity contribution in [3.05, 3.63) is 34.9 Å². The van der Waals surface area contributed by atoms with Gasteiger partial charge >= 0.3 is 0 Å². The van der Waals surface area contributed by atoms with E-state index in [4.69, 9.17) is 11.6 Å². The van der Waals surface area contributed by atoms with E-state index in [9.17, 15) is 4.79 Å². The number of carbonyl (C=O) groups excluding carboxylic acids is 1. The van der Waals surface area contributed by atoms with Gasteiger partial charge in [0, 0.05) is 11.1 Å². The maximum absolute atomic E-state index is 11.8. The van der Waals surface area contributed by atoms with E-state index in [1.165, 1.54) is 19.3 Å². The summed E-state index contributed by atoms with van der Waals surface area (Å²) in [6.45, 7) is 4.25. The van der Waals surface area contributed by atoms with Crippen LogP contribution in [0.1, 0.15) is 45.1 Å². The molecule has 0 aliphatic carbocycles. The Bertz CT molecular complexity index is 361. The van der Waals surface area contributed by atoms with Gasteiger partial charge in [-0.15, -0.1) is 0 Å². The fourth-order valence-corrected chi connectivity index (χ4v) is 2.01. The Morgan fingerprint density at radius 2 is 1.94 bits per heavy atom. The van der Waals surface area contributed by atoms with Gasteiger partial charge in [-0.1, -0.05) is 49.9 Å². The maximum atomic E-state index is 11.8. The van der Waals surface area contributed by atoms with E-state index >= 15 is 0 Å². The number of nitrogens with one attached hydrogen (secondary N) is 1. The molecule has 2 nitrogen and oxygen atoms in total. The monoisotopic (exact) mass is 267 g/mol. The molecule has 0 bridgehead atoms. The summed E-state index contributed by atoms with van der Waals surface area (Å²) in [5.74, 6) is 0.0846. The average Bonchev–Trinajstić information content (AvgIpc) is 2.32. The van der Waals surface area contributed by atoms with Crippen LogP contribution < -0.4 is 5.32 Å². The molecular formula is C15H22ClNO. The molecule has 1 unspecified atom stereocenters. The molecule has 0 radical (unpaired) electrons. The SMILES string of the molecule is CCCCCC(C)NC(=O)Cc1ccc(Cl)cc1. The molecule has 0 fully saturated rings. The van der Waals surface area contributed by atoms with E-state index in [-0.39, 0.29) is 11.9 Å². The van der Waals surface area contributed by atoms with Crippen molar-refractivity contribution < 1.29 is 4.79 Å². The van der Waals surface area contributed by atoms with Crippen molar-refractivity contribution in [2.75, 3.05) is 0 Å². The van der Waals surface area contributed by atoms with Crippen molar-refractivity contribution in [3.8, 4) is 0 Å². The molecule has 0 saturated heterocycles. The van der Waals surface area contributed by atoms with Gasteiger partial charge in [0.2, 0.25) is 5.91 Å². The standard InChI is InChI=1S/C15H22ClNO/c1-3-4-5-6-12(2)17-15(18)11-13-7-9-14(16)10-8-13/h7-10,12H,3-6,11H2,1-2H3,(H,17,18). The molecule has 0 aromatic heterocycles. The van der Waals surface area contributed by atoms with Gasteiger partial charge in [-0.2, -0.15) is 0 Å². The minimum Gasteiger partial charge on any atom is -0.353 e. The van der Waals surface area contributed by atoms with Gasteiger partial charge in [0.25, 0.3) is 0 Å². The van der Waals surface area contributed by atoms with Gasteiger partial charge < -0.3 is 5.32 Å². The predicted molar refractivity (Wildman–Crippen MR) is 76.9 cm³/mol. The number of rotatable bonds is 7. The van der Waals surface area contributed by atoms with E-state index in [0.717, 1.165) is 12.0 Å². The summed E-state index contributed by atoms with van der Waals surface area (Å²) in [5, 5.41) is 3.73. The van der Waals surface area contributed by atoms with Crippen LogP contribution in [0.5, 0.6) is 0 Å². The zero-order chi connectivity index (χ0) is 13.4. The first-order valence-corrected chi connectivity index (χ1v) is 7.03. The first-order valence-electron chi connectivity index (χ1n) is 6.65. The van der Waals surface area contributed by atoms with E-state index in [1.807, 2.05) is 24.3 Å². The Kier molecular flexibility index (Phi) is 6.81. The van der Waals surface area contributed by atoms with Crippen molar-refractivity contribution in [1.29, 1.82) is 0 Å². The number of halogens is 1. The van der Waals surface area contributed by atoms with Crippen LogP contribution >= 0.6 is 11.6 Å². The van der Waals surface area contributed by atoms with Crippen LogP contribution in [-0.2, 0) is 11.2 Å². The molecule has 1 rings (SSSR count). The van der Waals surface area contributed by atoms with Crippen LogP contribution in [0.2, 0.25) is 5.02 Å². The first kappa shape index (κ1) is 15.0. The van der Waals surface area contributed by atoms with Crippen molar-refractivity contribution in [3.63, 3.8) is 0 Å². The lowest BCUT2D eigenvalue weighted by atomic mass is 10.1. The van der Waals surface area contributed by atoms with E-state index in [1.54, 1.807) is 0 Å². The molecular weight excluding hydrogens is 246 g/mol. The lowest BCUT2D eigenvalue weighted by Crippen LogP contribution is -2.33. The smallest absolute Gasteiger partial charge is 0.224 e. The van der Waals surface area contributed by atoms with Crippen molar-refractivity contribution in [2.45, 2.75) is 52.0 Å². The van der Waals surface area contributed by atoms with E-state index in [2.05, 4.69) is 19.2 Å². The molecule has 1 atom stereocenters. The van der Waals surface area contributed by atoms with Crippen molar-refractivity contribution >= 4 is 17.5 Å². The highest BCUT2D eigenvalue weighted by atomic mass is 35.5. The van der Waals surface area contributed by atoms with Crippen LogP contribution in [0.4, 0.5) is 0 Å². The van der Waals surface area contributed by atoms with Gasteiger partial charge in [-0.05, 0) is 31.0 Å². The fraction of sp³-hybridized carbons (Fsp3) is 0.533. The van der Waals surface area contributed by atoms with Crippen molar-refractivity contribution in [2.24, 2.45) is 0 Å². The third kappa shape index (κ3) is 6.06. The summed E-state index contributed by atoms with van der Waals surface area (Å²) in [5.41, 5.74) is 0.998. The second-order valence-corrected chi connectivity index (χ2v) is 5.20. The number of benzene rings is 1. The zero-order valence-corrected chi connectivity index (χ0v) is 12.0. The molecule has 18 heavy (non-hydrogen) atoms. The van der Waals surface area contributed by atoms with Crippen LogP contribution in [-0.4, -0.2) is 11.9 Å². The maximum Gasteiger partial charge on any atom is 0.224 e. The minimum atomic E-state index is 0.0846. The normalized spacial score (nSPS) is 12.2. The lowest BCUT2D eigenvalue weighted by molar-refractivity contribution is -0.121. The highest BCUT2D eigenvalue weighted by Gasteiger charge is 2.07. The van der Waals surface area contributed by atoms with Crippen LogP contribution in [0.3, 0.4) is 0 Å². The topological polar surface area (TPSA) is 29.1 Å². The molecule has 0 saturated carbocycles.